The van der Waals surface area contributed by atoms with E-state index in [-0.39, 0.29) is 6.04 Å². The third kappa shape index (κ3) is 2.52. The minimum atomic E-state index is 0.216. The van der Waals surface area contributed by atoms with Gasteiger partial charge in [-0.25, -0.2) is 0 Å². The molecule has 0 amide bonds. The van der Waals surface area contributed by atoms with Crippen LogP contribution in [0.2, 0.25) is 0 Å². The van der Waals surface area contributed by atoms with Crippen molar-refractivity contribution in [1.29, 1.82) is 0 Å². The Morgan fingerprint density at radius 1 is 1.59 bits per heavy atom. The highest BCUT2D eigenvalue weighted by Gasteiger charge is 2.21. The number of aryl methyl sites for hydroxylation is 2. The molecule has 2 rings (SSSR count). The standard InChI is InChI=1S/C13H21N3O/c1-4-11-8-12(16(3)15-11)13(14-2)10-6-5-7-17-9-10/h8-9,13-14H,4-7H2,1-3H3. The number of nitrogens with one attached hydrogen (secondary N) is 1. The third-order valence-corrected chi connectivity index (χ3v) is 3.25. The molecular formula is C13H21N3O. The summed E-state index contributed by atoms with van der Waals surface area (Å²) in [6, 6.07) is 2.39. The molecule has 94 valence electrons. The first-order chi connectivity index (χ1) is 8.26. The van der Waals surface area contributed by atoms with E-state index < -0.39 is 0 Å². The second-order valence-electron chi connectivity index (χ2n) is 4.43. The molecule has 1 aliphatic rings. The number of rotatable bonds is 4. The molecule has 0 aromatic carbocycles. The van der Waals surface area contributed by atoms with Gasteiger partial charge >= 0.3 is 0 Å². The third-order valence-electron chi connectivity index (χ3n) is 3.25. The molecule has 0 saturated heterocycles. The van der Waals surface area contributed by atoms with Gasteiger partial charge in [-0.15, -0.1) is 0 Å². The lowest BCUT2D eigenvalue weighted by Gasteiger charge is -2.22. The van der Waals surface area contributed by atoms with Crippen LogP contribution in [0.4, 0.5) is 0 Å². The Hall–Kier alpha value is -1.29. The van der Waals surface area contributed by atoms with Crippen molar-refractivity contribution in [3.05, 3.63) is 29.3 Å². The monoisotopic (exact) mass is 235 g/mol. The predicted octanol–water partition coefficient (Wildman–Crippen LogP) is 1.94. The van der Waals surface area contributed by atoms with Crippen molar-refractivity contribution in [2.45, 2.75) is 32.2 Å². The van der Waals surface area contributed by atoms with Crippen molar-refractivity contribution in [3.8, 4) is 0 Å². The van der Waals surface area contributed by atoms with Gasteiger partial charge in [-0.1, -0.05) is 6.92 Å². The van der Waals surface area contributed by atoms with Crippen molar-refractivity contribution < 1.29 is 4.74 Å². The summed E-state index contributed by atoms with van der Waals surface area (Å²) in [6.45, 7) is 2.97. The van der Waals surface area contributed by atoms with Crippen LogP contribution in [0.15, 0.2) is 17.9 Å². The van der Waals surface area contributed by atoms with E-state index >= 15 is 0 Å². The van der Waals surface area contributed by atoms with Gasteiger partial charge in [0.25, 0.3) is 0 Å². The number of hydrogen-bond donors (Lipinski definition) is 1. The smallest absolute Gasteiger partial charge is 0.0876 e. The fourth-order valence-corrected chi connectivity index (χ4v) is 2.31. The molecule has 1 aliphatic heterocycles. The van der Waals surface area contributed by atoms with Gasteiger partial charge in [-0.3, -0.25) is 4.68 Å². The van der Waals surface area contributed by atoms with E-state index in [0.29, 0.717) is 0 Å². The summed E-state index contributed by atoms with van der Waals surface area (Å²) in [5.41, 5.74) is 3.66. The van der Waals surface area contributed by atoms with Gasteiger partial charge in [0.15, 0.2) is 0 Å². The Bertz CT molecular complexity index is 409. The summed E-state index contributed by atoms with van der Waals surface area (Å²) in [5, 5.41) is 7.86. The van der Waals surface area contributed by atoms with Crippen LogP contribution in [0.5, 0.6) is 0 Å². The topological polar surface area (TPSA) is 39.1 Å². The van der Waals surface area contributed by atoms with Gasteiger partial charge in [0.1, 0.15) is 0 Å². The van der Waals surface area contributed by atoms with Crippen LogP contribution in [0, 0.1) is 0 Å². The van der Waals surface area contributed by atoms with Crippen molar-refractivity contribution in [2.75, 3.05) is 13.7 Å². The Kier molecular flexibility index (Phi) is 3.84. The molecule has 0 aliphatic carbocycles. The van der Waals surface area contributed by atoms with Crippen molar-refractivity contribution in [3.63, 3.8) is 0 Å². The Balaban J connectivity index is 2.27. The van der Waals surface area contributed by atoms with Gasteiger partial charge in [-0.2, -0.15) is 5.10 Å². The Labute approximate surface area is 103 Å². The summed E-state index contributed by atoms with van der Waals surface area (Å²) in [5.74, 6) is 0. The minimum Gasteiger partial charge on any atom is -0.501 e. The highest BCUT2D eigenvalue weighted by molar-refractivity contribution is 5.24. The van der Waals surface area contributed by atoms with Crippen LogP contribution in [0.25, 0.3) is 0 Å². The van der Waals surface area contributed by atoms with Crippen LogP contribution in [-0.4, -0.2) is 23.4 Å². The molecular weight excluding hydrogens is 214 g/mol. The molecule has 4 heteroatoms. The first-order valence-corrected chi connectivity index (χ1v) is 6.27. The lowest BCUT2D eigenvalue weighted by atomic mass is 9.99. The van der Waals surface area contributed by atoms with Crippen molar-refractivity contribution in [2.24, 2.45) is 7.05 Å². The van der Waals surface area contributed by atoms with Crippen molar-refractivity contribution >= 4 is 0 Å². The first kappa shape index (κ1) is 12.2. The fourth-order valence-electron chi connectivity index (χ4n) is 2.31. The quantitative estimate of drug-likeness (QED) is 0.867. The number of aromatic nitrogens is 2. The van der Waals surface area contributed by atoms with E-state index in [1.54, 1.807) is 0 Å². The van der Waals surface area contributed by atoms with Gasteiger partial charge in [-0.05, 0) is 37.9 Å². The number of nitrogens with zero attached hydrogens (tertiary/aromatic N) is 2. The maximum Gasteiger partial charge on any atom is 0.0876 e. The van der Waals surface area contributed by atoms with E-state index in [9.17, 15) is 0 Å². The second kappa shape index (κ2) is 5.36. The average Bonchev–Trinajstić information content (AvgIpc) is 2.73. The van der Waals surface area contributed by atoms with Crippen LogP contribution < -0.4 is 5.32 Å². The molecule has 1 aromatic heterocycles. The lowest BCUT2D eigenvalue weighted by molar-refractivity contribution is 0.219. The summed E-state index contributed by atoms with van der Waals surface area (Å²) >= 11 is 0. The minimum absolute atomic E-state index is 0.216. The van der Waals surface area contributed by atoms with E-state index in [0.717, 1.165) is 31.6 Å². The normalized spacial score (nSPS) is 17.5. The van der Waals surface area contributed by atoms with E-state index in [1.807, 2.05) is 25.0 Å². The van der Waals surface area contributed by atoms with Gasteiger partial charge in [0, 0.05) is 7.05 Å². The molecule has 0 saturated carbocycles. The summed E-state index contributed by atoms with van der Waals surface area (Å²) in [6.07, 6.45) is 5.07. The maximum atomic E-state index is 5.43. The van der Waals surface area contributed by atoms with Crippen molar-refractivity contribution in [1.82, 2.24) is 15.1 Å². The van der Waals surface area contributed by atoms with Crippen LogP contribution in [0.3, 0.4) is 0 Å². The zero-order chi connectivity index (χ0) is 12.3. The molecule has 0 fully saturated rings. The fraction of sp³-hybridized carbons (Fsp3) is 0.615. The SMILES string of the molecule is CCc1cc(C(NC)C2=COCCC2)n(C)n1. The largest absolute Gasteiger partial charge is 0.501 e. The lowest BCUT2D eigenvalue weighted by Crippen LogP contribution is -2.23. The molecule has 2 heterocycles. The Morgan fingerprint density at radius 3 is 2.94 bits per heavy atom. The predicted molar refractivity (Wildman–Crippen MR) is 67.7 cm³/mol. The summed E-state index contributed by atoms with van der Waals surface area (Å²) < 4.78 is 7.40. The maximum absolute atomic E-state index is 5.43. The molecule has 1 atom stereocenters. The van der Waals surface area contributed by atoms with E-state index in [1.165, 1.54) is 11.3 Å². The highest BCUT2D eigenvalue weighted by Crippen LogP contribution is 2.27. The summed E-state index contributed by atoms with van der Waals surface area (Å²) in [4.78, 5) is 0. The molecule has 17 heavy (non-hydrogen) atoms. The average molecular weight is 235 g/mol. The molecule has 1 unspecified atom stereocenters. The molecule has 0 spiro atoms. The number of likely N-dealkylation sites (N-methyl/N-ethyl adjacent to an activating group) is 1. The van der Waals surface area contributed by atoms with Gasteiger partial charge < -0.3 is 10.1 Å². The molecule has 1 N–H and O–H groups in total. The first-order valence-electron chi connectivity index (χ1n) is 6.27. The van der Waals surface area contributed by atoms with E-state index in [2.05, 4.69) is 23.4 Å². The van der Waals surface area contributed by atoms with Gasteiger partial charge in [0.2, 0.25) is 0 Å². The Morgan fingerprint density at radius 2 is 2.41 bits per heavy atom. The zero-order valence-corrected chi connectivity index (χ0v) is 10.9. The summed E-state index contributed by atoms with van der Waals surface area (Å²) in [7, 11) is 3.99. The second-order valence-corrected chi connectivity index (χ2v) is 4.43. The molecule has 0 radical (unpaired) electrons. The van der Waals surface area contributed by atoms with Crippen LogP contribution >= 0.6 is 0 Å². The van der Waals surface area contributed by atoms with Crippen LogP contribution in [-0.2, 0) is 18.2 Å². The van der Waals surface area contributed by atoms with Crippen LogP contribution in [0.1, 0.15) is 37.2 Å². The number of hydrogen-bond acceptors (Lipinski definition) is 3. The van der Waals surface area contributed by atoms with E-state index in [4.69, 9.17) is 4.74 Å². The highest BCUT2D eigenvalue weighted by atomic mass is 16.5. The zero-order valence-electron chi connectivity index (χ0n) is 10.9. The number of ether oxygens (including phenoxy) is 1. The van der Waals surface area contributed by atoms with Gasteiger partial charge in [0.05, 0.1) is 30.3 Å². The molecule has 4 nitrogen and oxygen atoms in total. The molecule has 0 bridgehead atoms. The molecule has 1 aromatic rings.